The van der Waals surface area contributed by atoms with Crippen molar-refractivity contribution in [3.63, 3.8) is 0 Å². The number of nitrogens with two attached hydrogens (primary N) is 1. The van der Waals surface area contributed by atoms with Crippen molar-refractivity contribution < 1.29 is 9.53 Å². The summed E-state index contributed by atoms with van der Waals surface area (Å²) in [6, 6.07) is 9.87. The summed E-state index contributed by atoms with van der Waals surface area (Å²) in [4.78, 5) is 11.5. The van der Waals surface area contributed by atoms with Crippen LogP contribution in [0.1, 0.15) is 25.8 Å². The third-order valence-electron chi connectivity index (χ3n) is 3.37. The average molecular weight is 301 g/mol. The van der Waals surface area contributed by atoms with Gasteiger partial charge in [0.25, 0.3) is 0 Å². The Bertz CT molecular complexity index is 647. The van der Waals surface area contributed by atoms with E-state index in [1.807, 2.05) is 51.1 Å². The summed E-state index contributed by atoms with van der Waals surface area (Å²) in [6.45, 7) is 6.76. The zero-order valence-corrected chi connectivity index (χ0v) is 13.4. The fourth-order valence-corrected chi connectivity index (χ4v) is 2.24. The molecule has 2 rings (SSSR count). The van der Waals surface area contributed by atoms with Crippen LogP contribution in [0.15, 0.2) is 30.3 Å². The molecule has 5 heteroatoms. The highest BCUT2D eigenvalue weighted by atomic mass is 16.5. The standard InChI is InChI=1S/C17H23N3O2/c1-12(2)10-17(21)22-9-8-20-16(18)11-15(19-20)14-7-5-4-6-13(14)3/h4-7,11-12H,8-10,18H2,1-3H3. The van der Waals surface area contributed by atoms with Gasteiger partial charge in [-0.1, -0.05) is 38.1 Å². The normalized spacial score (nSPS) is 10.9. The highest BCUT2D eigenvalue weighted by Gasteiger charge is 2.10. The second-order valence-corrected chi connectivity index (χ2v) is 5.81. The Morgan fingerprint density at radius 3 is 2.77 bits per heavy atom. The number of nitrogen functional groups attached to an aromatic ring is 1. The summed E-state index contributed by atoms with van der Waals surface area (Å²) in [7, 11) is 0. The number of carbonyl (C=O) groups excluding carboxylic acids is 1. The Kier molecular flexibility index (Phi) is 5.20. The molecule has 0 aliphatic rings. The molecule has 0 amide bonds. The topological polar surface area (TPSA) is 70.1 Å². The van der Waals surface area contributed by atoms with Crippen LogP contribution in [-0.2, 0) is 16.1 Å². The van der Waals surface area contributed by atoms with Gasteiger partial charge in [-0.3, -0.25) is 4.79 Å². The molecule has 1 aromatic carbocycles. The predicted octanol–water partition coefficient (Wildman–Crippen LogP) is 3.03. The first-order valence-electron chi connectivity index (χ1n) is 7.52. The Morgan fingerprint density at radius 1 is 1.36 bits per heavy atom. The summed E-state index contributed by atoms with van der Waals surface area (Å²) in [5, 5.41) is 4.50. The number of hydrogen-bond acceptors (Lipinski definition) is 4. The van der Waals surface area contributed by atoms with Crippen molar-refractivity contribution in [1.82, 2.24) is 9.78 Å². The van der Waals surface area contributed by atoms with Crippen molar-refractivity contribution in [3.05, 3.63) is 35.9 Å². The Hall–Kier alpha value is -2.30. The molecular formula is C17H23N3O2. The summed E-state index contributed by atoms with van der Waals surface area (Å²) >= 11 is 0. The fourth-order valence-electron chi connectivity index (χ4n) is 2.24. The molecule has 2 aromatic rings. The summed E-state index contributed by atoms with van der Waals surface area (Å²) < 4.78 is 6.87. The van der Waals surface area contributed by atoms with E-state index in [1.165, 1.54) is 0 Å². The van der Waals surface area contributed by atoms with Gasteiger partial charge in [-0.2, -0.15) is 5.10 Å². The molecule has 1 aromatic heterocycles. The number of ether oxygens (including phenoxy) is 1. The molecule has 0 fully saturated rings. The number of benzene rings is 1. The lowest BCUT2D eigenvalue weighted by Gasteiger charge is -2.07. The van der Waals surface area contributed by atoms with E-state index in [-0.39, 0.29) is 12.6 Å². The van der Waals surface area contributed by atoms with Gasteiger partial charge in [0.15, 0.2) is 0 Å². The van der Waals surface area contributed by atoms with Crippen LogP contribution < -0.4 is 5.73 Å². The monoisotopic (exact) mass is 301 g/mol. The predicted molar refractivity (Wildman–Crippen MR) is 87.2 cm³/mol. The number of aryl methyl sites for hydroxylation is 1. The second-order valence-electron chi connectivity index (χ2n) is 5.81. The van der Waals surface area contributed by atoms with Gasteiger partial charge in [0.1, 0.15) is 12.4 Å². The van der Waals surface area contributed by atoms with Crippen LogP contribution in [0.25, 0.3) is 11.3 Å². The lowest BCUT2D eigenvalue weighted by molar-refractivity contribution is -0.144. The number of esters is 1. The fraction of sp³-hybridized carbons (Fsp3) is 0.412. The van der Waals surface area contributed by atoms with Gasteiger partial charge < -0.3 is 10.5 Å². The van der Waals surface area contributed by atoms with Gasteiger partial charge in [0.2, 0.25) is 0 Å². The van der Waals surface area contributed by atoms with Crippen molar-refractivity contribution in [2.24, 2.45) is 5.92 Å². The van der Waals surface area contributed by atoms with Gasteiger partial charge in [-0.15, -0.1) is 0 Å². The molecule has 0 aliphatic carbocycles. The first-order chi connectivity index (χ1) is 10.5. The summed E-state index contributed by atoms with van der Waals surface area (Å²) in [5.74, 6) is 0.688. The number of aromatic nitrogens is 2. The van der Waals surface area contributed by atoms with Crippen LogP contribution in [0.4, 0.5) is 5.82 Å². The highest BCUT2D eigenvalue weighted by Crippen LogP contribution is 2.23. The lowest BCUT2D eigenvalue weighted by atomic mass is 10.1. The SMILES string of the molecule is Cc1ccccc1-c1cc(N)n(CCOC(=O)CC(C)C)n1. The van der Waals surface area contributed by atoms with E-state index in [9.17, 15) is 4.79 Å². The molecule has 0 bridgehead atoms. The van der Waals surface area contributed by atoms with Crippen LogP contribution >= 0.6 is 0 Å². The molecule has 0 saturated carbocycles. The average Bonchev–Trinajstić information content (AvgIpc) is 2.80. The molecule has 0 unspecified atom stereocenters. The van der Waals surface area contributed by atoms with E-state index in [4.69, 9.17) is 10.5 Å². The van der Waals surface area contributed by atoms with Crippen molar-refractivity contribution in [3.8, 4) is 11.3 Å². The molecule has 0 saturated heterocycles. The molecule has 118 valence electrons. The number of nitrogens with zero attached hydrogens (tertiary/aromatic N) is 2. The minimum atomic E-state index is -0.181. The second kappa shape index (κ2) is 7.11. The van der Waals surface area contributed by atoms with E-state index >= 15 is 0 Å². The molecule has 0 spiro atoms. The Morgan fingerprint density at radius 2 is 2.09 bits per heavy atom. The maximum absolute atomic E-state index is 11.5. The molecular weight excluding hydrogens is 278 g/mol. The Balaban J connectivity index is 1.99. The number of rotatable bonds is 6. The van der Waals surface area contributed by atoms with E-state index in [1.54, 1.807) is 4.68 Å². The smallest absolute Gasteiger partial charge is 0.306 e. The van der Waals surface area contributed by atoms with Gasteiger partial charge in [-0.05, 0) is 18.4 Å². The molecule has 0 atom stereocenters. The quantitative estimate of drug-likeness (QED) is 0.833. The summed E-state index contributed by atoms with van der Waals surface area (Å²) in [5.41, 5.74) is 9.03. The maximum atomic E-state index is 11.5. The molecule has 0 aliphatic heterocycles. The zero-order chi connectivity index (χ0) is 16.1. The number of carbonyl (C=O) groups is 1. The number of anilines is 1. The molecule has 5 nitrogen and oxygen atoms in total. The first kappa shape index (κ1) is 16.1. The third kappa shape index (κ3) is 4.10. The van der Waals surface area contributed by atoms with Gasteiger partial charge in [-0.25, -0.2) is 4.68 Å². The first-order valence-corrected chi connectivity index (χ1v) is 7.52. The van der Waals surface area contributed by atoms with Crippen LogP contribution in [0, 0.1) is 12.8 Å². The Labute approximate surface area is 131 Å². The highest BCUT2D eigenvalue weighted by molar-refractivity contribution is 5.69. The third-order valence-corrected chi connectivity index (χ3v) is 3.37. The minimum absolute atomic E-state index is 0.181. The van der Waals surface area contributed by atoms with Crippen LogP contribution in [0.5, 0.6) is 0 Å². The van der Waals surface area contributed by atoms with Crippen molar-refractivity contribution in [1.29, 1.82) is 0 Å². The molecule has 2 N–H and O–H groups in total. The lowest BCUT2D eigenvalue weighted by Crippen LogP contribution is -2.14. The van der Waals surface area contributed by atoms with Crippen molar-refractivity contribution in [2.75, 3.05) is 12.3 Å². The van der Waals surface area contributed by atoms with Crippen molar-refractivity contribution in [2.45, 2.75) is 33.7 Å². The van der Waals surface area contributed by atoms with Gasteiger partial charge in [0.05, 0.1) is 12.2 Å². The summed E-state index contributed by atoms with van der Waals surface area (Å²) in [6.07, 6.45) is 0.434. The van der Waals surface area contributed by atoms with Gasteiger partial charge >= 0.3 is 5.97 Å². The minimum Gasteiger partial charge on any atom is -0.464 e. The molecule has 22 heavy (non-hydrogen) atoms. The van der Waals surface area contributed by atoms with E-state index in [0.29, 0.717) is 24.7 Å². The number of hydrogen-bond donors (Lipinski definition) is 1. The van der Waals surface area contributed by atoms with Crippen LogP contribution in [-0.4, -0.2) is 22.4 Å². The van der Waals surface area contributed by atoms with E-state index in [2.05, 4.69) is 5.10 Å². The molecule has 1 heterocycles. The van der Waals surface area contributed by atoms with Crippen LogP contribution in [0.2, 0.25) is 0 Å². The van der Waals surface area contributed by atoms with E-state index < -0.39 is 0 Å². The van der Waals surface area contributed by atoms with Crippen LogP contribution in [0.3, 0.4) is 0 Å². The van der Waals surface area contributed by atoms with Crippen molar-refractivity contribution >= 4 is 11.8 Å². The zero-order valence-electron chi connectivity index (χ0n) is 13.4. The maximum Gasteiger partial charge on any atom is 0.306 e. The molecule has 0 radical (unpaired) electrons. The van der Waals surface area contributed by atoms with E-state index in [0.717, 1.165) is 16.8 Å². The largest absolute Gasteiger partial charge is 0.464 e. The van der Waals surface area contributed by atoms with Gasteiger partial charge in [0, 0.05) is 18.1 Å².